The molecule has 0 radical (unpaired) electrons. The summed E-state index contributed by atoms with van der Waals surface area (Å²) in [6.07, 6.45) is 3.25. The molecule has 3 aliphatic rings. The van der Waals surface area contributed by atoms with Crippen LogP contribution in [0, 0.1) is 0 Å². The molecule has 1 spiro atoms. The standard InChI is InChI=1S/C18H24N2O5S/c21-17(19-15-4-10-24-13-15)14-2-1-3-16(12-14)26(22,23)20-8-5-18(6-9-20)7-11-25-18/h1-3,12,15H,4-11,13H2,(H,19,21)/t15-/m0/s1. The molecular formula is C18H24N2O5S. The molecule has 0 bridgehead atoms. The number of rotatable bonds is 4. The summed E-state index contributed by atoms with van der Waals surface area (Å²) < 4.78 is 38.3. The Bertz CT molecular complexity index is 775. The number of hydrogen-bond donors (Lipinski definition) is 1. The Morgan fingerprint density at radius 3 is 2.58 bits per heavy atom. The number of sulfonamides is 1. The zero-order chi connectivity index (χ0) is 18.2. The van der Waals surface area contributed by atoms with Crippen LogP contribution in [0.4, 0.5) is 0 Å². The first-order chi connectivity index (χ1) is 12.5. The maximum Gasteiger partial charge on any atom is 0.251 e. The van der Waals surface area contributed by atoms with Crippen LogP contribution in [0.2, 0.25) is 0 Å². The molecule has 0 unspecified atom stereocenters. The molecule has 1 aromatic rings. The van der Waals surface area contributed by atoms with Gasteiger partial charge < -0.3 is 14.8 Å². The summed E-state index contributed by atoms with van der Waals surface area (Å²) in [4.78, 5) is 12.6. The van der Waals surface area contributed by atoms with Gasteiger partial charge in [-0.15, -0.1) is 0 Å². The average Bonchev–Trinajstić information content (AvgIpc) is 3.13. The third kappa shape index (κ3) is 3.38. The minimum atomic E-state index is -3.61. The molecule has 8 heteroatoms. The molecule has 1 N–H and O–H groups in total. The van der Waals surface area contributed by atoms with Crippen LogP contribution in [0.1, 0.15) is 36.0 Å². The topological polar surface area (TPSA) is 84.9 Å². The van der Waals surface area contributed by atoms with Gasteiger partial charge >= 0.3 is 0 Å². The van der Waals surface area contributed by atoms with Crippen molar-refractivity contribution in [3.05, 3.63) is 29.8 Å². The summed E-state index contributed by atoms with van der Waals surface area (Å²) in [5.74, 6) is -0.266. The van der Waals surface area contributed by atoms with Crippen molar-refractivity contribution in [3.63, 3.8) is 0 Å². The Balaban J connectivity index is 1.47. The first-order valence-electron chi connectivity index (χ1n) is 9.11. The van der Waals surface area contributed by atoms with Crippen LogP contribution in [0.15, 0.2) is 29.2 Å². The normalized spacial score (nSPS) is 25.8. The summed E-state index contributed by atoms with van der Waals surface area (Å²) in [6, 6.07) is 6.26. The van der Waals surface area contributed by atoms with Crippen LogP contribution < -0.4 is 5.32 Å². The molecule has 0 aliphatic carbocycles. The smallest absolute Gasteiger partial charge is 0.251 e. The van der Waals surface area contributed by atoms with Crippen molar-refractivity contribution < 1.29 is 22.7 Å². The van der Waals surface area contributed by atoms with E-state index in [4.69, 9.17) is 9.47 Å². The monoisotopic (exact) mass is 380 g/mol. The first kappa shape index (κ1) is 17.9. The second-order valence-electron chi connectivity index (χ2n) is 7.25. The van der Waals surface area contributed by atoms with E-state index in [1.807, 2.05) is 0 Å². The number of piperidine rings is 1. The van der Waals surface area contributed by atoms with E-state index in [1.165, 1.54) is 10.4 Å². The van der Waals surface area contributed by atoms with Gasteiger partial charge in [0, 0.05) is 25.3 Å². The van der Waals surface area contributed by atoms with E-state index in [2.05, 4.69) is 5.32 Å². The van der Waals surface area contributed by atoms with E-state index >= 15 is 0 Å². The van der Waals surface area contributed by atoms with Crippen molar-refractivity contribution in [1.82, 2.24) is 9.62 Å². The number of nitrogens with one attached hydrogen (secondary N) is 1. The molecule has 0 saturated carbocycles. The van der Waals surface area contributed by atoms with Gasteiger partial charge in [0.1, 0.15) is 0 Å². The Hall–Kier alpha value is -1.48. The molecule has 26 heavy (non-hydrogen) atoms. The second-order valence-corrected chi connectivity index (χ2v) is 9.19. The van der Waals surface area contributed by atoms with Gasteiger partial charge in [-0.2, -0.15) is 4.31 Å². The lowest BCUT2D eigenvalue weighted by Crippen LogP contribution is -2.53. The molecule has 142 valence electrons. The van der Waals surface area contributed by atoms with Crippen molar-refractivity contribution in [2.45, 2.75) is 42.2 Å². The van der Waals surface area contributed by atoms with Gasteiger partial charge in [-0.25, -0.2) is 8.42 Å². The molecule has 3 fully saturated rings. The predicted octanol–water partition coefficient (Wildman–Crippen LogP) is 1.15. The fourth-order valence-corrected chi connectivity index (χ4v) is 5.27. The van der Waals surface area contributed by atoms with Crippen LogP contribution in [-0.4, -0.2) is 63.2 Å². The molecular weight excluding hydrogens is 356 g/mol. The lowest BCUT2D eigenvalue weighted by molar-refractivity contribution is -0.167. The third-order valence-electron chi connectivity index (χ3n) is 5.60. The van der Waals surface area contributed by atoms with E-state index in [1.54, 1.807) is 18.2 Å². The van der Waals surface area contributed by atoms with Crippen LogP contribution in [0.3, 0.4) is 0 Å². The molecule has 3 aliphatic heterocycles. The molecule has 4 rings (SSSR count). The first-order valence-corrected chi connectivity index (χ1v) is 10.6. The van der Waals surface area contributed by atoms with Crippen LogP contribution in [0.25, 0.3) is 0 Å². The van der Waals surface area contributed by atoms with E-state index in [0.717, 1.165) is 32.3 Å². The zero-order valence-corrected chi connectivity index (χ0v) is 15.5. The minimum Gasteiger partial charge on any atom is -0.379 e. The number of nitrogens with zero attached hydrogens (tertiary/aromatic N) is 1. The quantitative estimate of drug-likeness (QED) is 0.847. The van der Waals surface area contributed by atoms with Gasteiger partial charge in [-0.3, -0.25) is 4.79 Å². The maximum atomic E-state index is 13.0. The summed E-state index contributed by atoms with van der Waals surface area (Å²) in [6.45, 7) is 2.83. The number of carbonyl (C=O) groups is 1. The summed E-state index contributed by atoms with van der Waals surface area (Å²) in [5, 5.41) is 2.89. The molecule has 1 atom stereocenters. The van der Waals surface area contributed by atoms with Gasteiger partial charge in [0.05, 0.1) is 29.8 Å². The third-order valence-corrected chi connectivity index (χ3v) is 7.49. The van der Waals surface area contributed by atoms with E-state index in [0.29, 0.717) is 31.9 Å². The lowest BCUT2D eigenvalue weighted by Gasteiger charge is -2.47. The fourth-order valence-electron chi connectivity index (χ4n) is 3.78. The molecule has 1 amide bonds. The highest BCUT2D eigenvalue weighted by molar-refractivity contribution is 7.89. The lowest BCUT2D eigenvalue weighted by atomic mass is 9.85. The number of amides is 1. The second kappa shape index (κ2) is 6.92. The molecule has 1 aromatic carbocycles. The minimum absolute atomic E-state index is 0.0106. The van der Waals surface area contributed by atoms with Crippen molar-refractivity contribution in [3.8, 4) is 0 Å². The van der Waals surface area contributed by atoms with Crippen molar-refractivity contribution >= 4 is 15.9 Å². The van der Waals surface area contributed by atoms with Crippen molar-refractivity contribution in [2.75, 3.05) is 32.9 Å². The highest BCUT2D eigenvalue weighted by Gasteiger charge is 2.43. The predicted molar refractivity (Wildman–Crippen MR) is 94.4 cm³/mol. The van der Waals surface area contributed by atoms with Crippen LogP contribution >= 0.6 is 0 Å². The molecule has 0 aromatic heterocycles. The molecule has 7 nitrogen and oxygen atoms in total. The number of benzene rings is 1. The average molecular weight is 380 g/mol. The van der Waals surface area contributed by atoms with Crippen molar-refractivity contribution in [1.29, 1.82) is 0 Å². The van der Waals surface area contributed by atoms with Crippen LogP contribution in [-0.2, 0) is 19.5 Å². The molecule has 3 heterocycles. The highest BCUT2D eigenvalue weighted by Crippen LogP contribution is 2.38. The molecule has 3 saturated heterocycles. The highest BCUT2D eigenvalue weighted by atomic mass is 32.2. The number of hydrogen-bond acceptors (Lipinski definition) is 5. The van der Waals surface area contributed by atoms with Crippen LogP contribution in [0.5, 0.6) is 0 Å². The van der Waals surface area contributed by atoms with Gasteiger partial charge in [-0.1, -0.05) is 6.07 Å². The van der Waals surface area contributed by atoms with E-state index < -0.39 is 10.0 Å². The Kier molecular flexibility index (Phi) is 4.77. The summed E-state index contributed by atoms with van der Waals surface area (Å²) >= 11 is 0. The maximum absolute atomic E-state index is 13.0. The Labute approximate surface area is 153 Å². The van der Waals surface area contributed by atoms with Gasteiger partial charge in [-0.05, 0) is 43.9 Å². The fraction of sp³-hybridized carbons (Fsp3) is 0.611. The Morgan fingerprint density at radius 1 is 1.19 bits per heavy atom. The largest absolute Gasteiger partial charge is 0.379 e. The number of ether oxygens (including phenoxy) is 2. The summed E-state index contributed by atoms with van der Waals surface area (Å²) in [7, 11) is -3.61. The van der Waals surface area contributed by atoms with Gasteiger partial charge in [0.2, 0.25) is 10.0 Å². The SMILES string of the molecule is O=C(N[C@H]1CCOC1)c1cccc(S(=O)(=O)N2CCC3(CCO3)CC2)c1. The van der Waals surface area contributed by atoms with E-state index in [9.17, 15) is 13.2 Å². The van der Waals surface area contributed by atoms with Crippen molar-refractivity contribution in [2.24, 2.45) is 0 Å². The Morgan fingerprint density at radius 2 is 1.96 bits per heavy atom. The van der Waals surface area contributed by atoms with Gasteiger partial charge in [0.15, 0.2) is 0 Å². The number of carbonyl (C=O) groups excluding carboxylic acids is 1. The van der Waals surface area contributed by atoms with Gasteiger partial charge in [0.25, 0.3) is 5.91 Å². The zero-order valence-electron chi connectivity index (χ0n) is 14.6. The van der Waals surface area contributed by atoms with E-state index in [-0.39, 0.29) is 22.4 Å². The summed E-state index contributed by atoms with van der Waals surface area (Å²) in [5.41, 5.74) is 0.255.